The molecule has 1 aromatic heterocycles. The van der Waals surface area contributed by atoms with Crippen LogP contribution in [0.1, 0.15) is 59.1 Å². The predicted molar refractivity (Wildman–Crippen MR) is 136 cm³/mol. The van der Waals surface area contributed by atoms with Gasteiger partial charge in [-0.2, -0.15) is 0 Å². The normalized spacial score (nSPS) is 15.1. The zero-order valence-electron chi connectivity index (χ0n) is 20.4. The molecule has 2 heterocycles. The van der Waals surface area contributed by atoms with Crippen LogP contribution in [-0.4, -0.2) is 47.9 Å². The Hall–Kier alpha value is -3.19. The zero-order chi connectivity index (χ0) is 24.9. The van der Waals surface area contributed by atoms with Gasteiger partial charge in [0.1, 0.15) is 24.7 Å². The molecule has 2 aromatic carbocycles. The Morgan fingerprint density at radius 2 is 1.94 bits per heavy atom. The molecule has 1 atom stereocenters. The van der Waals surface area contributed by atoms with Crippen molar-refractivity contribution in [3.63, 3.8) is 0 Å². The highest BCUT2D eigenvalue weighted by Crippen LogP contribution is 2.34. The van der Waals surface area contributed by atoms with E-state index in [4.69, 9.17) is 4.74 Å². The van der Waals surface area contributed by atoms with Crippen LogP contribution < -0.4 is 4.74 Å². The number of carbonyl (C=O) groups excluding carboxylic acids is 2. The fourth-order valence-electron chi connectivity index (χ4n) is 4.38. The number of fused-ring (bicyclic) bond motifs is 1. The van der Waals surface area contributed by atoms with Crippen molar-refractivity contribution >= 4 is 23.2 Å². The summed E-state index contributed by atoms with van der Waals surface area (Å²) >= 11 is 1.70. The van der Waals surface area contributed by atoms with Crippen molar-refractivity contribution in [2.24, 2.45) is 0 Å². The average Bonchev–Trinajstić information content (AvgIpc) is 3.34. The van der Waals surface area contributed by atoms with E-state index in [9.17, 15) is 14.0 Å². The third kappa shape index (κ3) is 5.73. The summed E-state index contributed by atoms with van der Waals surface area (Å²) in [5, 5.41) is 2.05. The maximum atomic E-state index is 13.6. The molecule has 35 heavy (non-hydrogen) atoms. The number of hydrogen-bond donors (Lipinski definition) is 0. The highest BCUT2D eigenvalue weighted by molar-refractivity contribution is 7.10. The Morgan fingerprint density at radius 3 is 2.63 bits per heavy atom. The molecule has 0 radical (unpaired) electrons. The second-order valence-electron chi connectivity index (χ2n) is 9.02. The van der Waals surface area contributed by atoms with Crippen molar-refractivity contribution in [3.05, 3.63) is 87.4 Å². The molecule has 0 aliphatic carbocycles. The van der Waals surface area contributed by atoms with Crippen molar-refractivity contribution in [1.82, 2.24) is 9.80 Å². The molecule has 0 unspecified atom stereocenters. The molecule has 4 rings (SSSR count). The number of thiophene rings is 1. The molecule has 0 saturated heterocycles. The summed E-state index contributed by atoms with van der Waals surface area (Å²) in [5.74, 6) is 0.239. The van der Waals surface area contributed by atoms with E-state index in [1.54, 1.807) is 17.4 Å². The summed E-state index contributed by atoms with van der Waals surface area (Å²) in [4.78, 5) is 30.9. The SMILES string of the molecule is CCN(CC(=O)N1CCc2sccc2[C@H]1COc1ccc(C(C)C)cc1)C(=O)c1cccc(F)c1. The summed E-state index contributed by atoms with van der Waals surface area (Å²) in [5.41, 5.74) is 2.59. The summed E-state index contributed by atoms with van der Waals surface area (Å²) in [7, 11) is 0. The quantitative estimate of drug-likeness (QED) is 0.405. The highest BCUT2D eigenvalue weighted by Gasteiger charge is 2.33. The van der Waals surface area contributed by atoms with E-state index in [0.717, 1.165) is 17.7 Å². The van der Waals surface area contributed by atoms with Gasteiger partial charge in [0, 0.05) is 23.5 Å². The second kappa shape index (κ2) is 11.0. The number of likely N-dealkylation sites (N-methyl/N-ethyl adjacent to an activating group) is 1. The lowest BCUT2D eigenvalue weighted by molar-refractivity contribution is -0.135. The number of carbonyl (C=O) groups is 2. The van der Waals surface area contributed by atoms with E-state index < -0.39 is 5.82 Å². The smallest absolute Gasteiger partial charge is 0.254 e. The van der Waals surface area contributed by atoms with E-state index in [-0.39, 0.29) is 30.0 Å². The van der Waals surface area contributed by atoms with Gasteiger partial charge in [0.15, 0.2) is 0 Å². The van der Waals surface area contributed by atoms with Gasteiger partial charge in [-0.05, 0) is 72.2 Å². The van der Waals surface area contributed by atoms with Gasteiger partial charge in [0.05, 0.1) is 6.04 Å². The molecular formula is C28H31FN2O3S. The van der Waals surface area contributed by atoms with Crippen molar-refractivity contribution in [1.29, 1.82) is 0 Å². The van der Waals surface area contributed by atoms with E-state index in [1.165, 1.54) is 33.5 Å². The molecule has 5 nitrogen and oxygen atoms in total. The lowest BCUT2D eigenvalue weighted by atomic mass is 10.00. The molecule has 0 N–H and O–H groups in total. The first kappa shape index (κ1) is 24.9. The predicted octanol–water partition coefficient (Wildman–Crippen LogP) is 5.68. The Kier molecular flexibility index (Phi) is 7.86. The Morgan fingerprint density at radius 1 is 1.17 bits per heavy atom. The van der Waals surface area contributed by atoms with Gasteiger partial charge < -0.3 is 14.5 Å². The van der Waals surface area contributed by atoms with E-state index in [2.05, 4.69) is 37.4 Å². The van der Waals surface area contributed by atoms with Crippen LogP contribution in [0.4, 0.5) is 4.39 Å². The Bertz CT molecular complexity index is 1170. The fourth-order valence-corrected chi connectivity index (χ4v) is 5.31. The molecule has 0 bridgehead atoms. The van der Waals surface area contributed by atoms with Crippen LogP contribution in [0.2, 0.25) is 0 Å². The maximum Gasteiger partial charge on any atom is 0.254 e. The van der Waals surface area contributed by atoms with Crippen LogP contribution in [0.3, 0.4) is 0 Å². The van der Waals surface area contributed by atoms with Crippen LogP contribution in [0, 0.1) is 5.82 Å². The number of nitrogens with zero attached hydrogens (tertiary/aromatic N) is 2. The van der Waals surface area contributed by atoms with Gasteiger partial charge in [0.2, 0.25) is 5.91 Å². The van der Waals surface area contributed by atoms with Crippen LogP contribution in [0.15, 0.2) is 60.0 Å². The first-order valence-electron chi connectivity index (χ1n) is 12.0. The number of halogens is 1. The summed E-state index contributed by atoms with van der Waals surface area (Å²) < 4.78 is 19.8. The molecule has 3 aromatic rings. The van der Waals surface area contributed by atoms with E-state index in [0.29, 0.717) is 25.6 Å². The molecule has 1 aliphatic rings. The molecular weight excluding hydrogens is 463 g/mol. The van der Waals surface area contributed by atoms with Crippen molar-refractivity contribution in [3.8, 4) is 5.75 Å². The summed E-state index contributed by atoms with van der Waals surface area (Å²) in [6.07, 6.45) is 0.780. The third-order valence-corrected chi connectivity index (χ3v) is 7.43. The second-order valence-corrected chi connectivity index (χ2v) is 10.0. The Labute approximate surface area is 210 Å². The first-order chi connectivity index (χ1) is 16.9. The third-order valence-electron chi connectivity index (χ3n) is 6.44. The molecule has 7 heteroatoms. The molecule has 0 spiro atoms. The van der Waals surface area contributed by atoms with Crippen molar-refractivity contribution < 1.29 is 18.7 Å². The van der Waals surface area contributed by atoms with Crippen LogP contribution in [0.25, 0.3) is 0 Å². The number of amides is 2. The van der Waals surface area contributed by atoms with Crippen LogP contribution in [0.5, 0.6) is 5.75 Å². The van der Waals surface area contributed by atoms with Gasteiger partial charge in [-0.25, -0.2) is 4.39 Å². The number of ether oxygens (including phenoxy) is 1. The van der Waals surface area contributed by atoms with Crippen molar-refractivity contribution in [2.45, 2.75) is 39.2 Å². The monoisotopic (exact) mass is 494 g/mol. The van der Waals surface area contributed by atoms with E-state index >= 15 is 0 Å². The van der Waals surface area contributed by atoms with Crippen molar-refractivity contribution in [2.75, 3.05) is 26.2 Å². The molecule has 0 fully saturated rings. The van der Waals surface area contributed by atoms with Gasteiger partial charge in [-0.1, -0.05) is 32.0 Å². The molecule has 0 saturated carbocycles. The summed E-state index contributed by atoms with van der Waals surface area (Å²) in [6.45, 7) is 7.31. The van der Waals surface area contributed by atoms with E-state index in [1.807, 2.05) is 24.0 Å². The van der Waals surface area contributed by atoms with Crippen LogP contribution in [-0.2, 0) is 11.2 Å². The fraction of sp³-hybridized carbons (Fsp3) is 0.357. The Balaban J connectivity index is 1.49. The minimum Gasteiger partial charge on any atom is -0.491 e. The zero-order valence-corrected chi connectivity index (χ0v) is 21.2. The average molecular weight is 495 g/mol. The lowest BCUT2D eigenvalue weighted by Crippen LogP contribution is -2.47. The standard InChI is InChI=1S/C28H31FN2O3S/c1-4-30(28(33)21-6-5-7-22(29)16-21)17-27(32)31-14-12-26-24(13-15-35-26)25(31)18-34-23-10-8-20(9-11-23)19(2)3/h5-11,13,15-16,19,25H,4,12,14,17-18H2,1-3H3/t25-/m1/s1. The minimum atomic E-state index is -0.474. The van der Waals surface area contributed by atoms with Gasteiger partial charge in [0.25, 0.3) is 5.91 Å². The number of benzene rings is 2. The number of hydrogen-bond acceptors (Lipinski definition) is 4. The maximum absolute atomic E-state index is 13.6. The highest BCUT2D eigenvalue weighted by atomic mass is 32.1. The summed E-state index contributed by atoms with van der Waals surface area (Å²) in [6, 6.07) is 15.5. The van der Waals surface area contributed by atoms with Gasteiger partial charge in [-0.3, -0.25) is 9.59 Å². The van der Waals surface area contributed by atoms with Crippen LogP contribution >= 0.6 is 11.3 Å². The lowest BCUT2D eigenvalue weighted by Gasteiger charge is -2.37. The largest absolute Gasteiger partial charge is 0.491 e. The number of rotatable bonds is 8. The molecule has 184 valence electrons. The van der Waals surface area contributed by atoms with Gasteiger partial charge >= 0.3 is 0 Å². The topological polar surface area (TPSA) is 49.9 Å². The minimum absolute atomic E-state index is 0.0646. The molecule has 1 aliphatic heterocycles. The van der Waals surface area contributed by atoms with Gasteiger partial charge in [-0.15, -0.1) is 11.3 Å². The molecule has 2 amide bonds. The first-order valence-corrected chi connectivity index (χ1v) is 12.9.